The summed E-state index contributed by atoms with van der Waals surface area (Å²) in [4.78, 5) is 23.6. The minimum Gasteiger partial charge on any atom is -0.382 e. The van der Waals surface area contributed by atoms with Crippen LogP contribution in [-0.4, -0.2) is 52.2 Å². The van der Waals surface area contributed by atoms with Gasteiger partial charge in [0, 0.05) is 19.8 Å². The maximum Gasteiger partial charge on any atom is 0.321 e. The molecule has 0 unspecified atom stereocenters. The number of carbonyl (C=O) groups is 2. The lowest BCUT2D eigenvalue weighted by Crippen LogP contribution is -2.40. The number of imide groups is 1. The number of carbonyl (C=O) groups excluding carboxylic acids is 2. The zero-order valence-corrected chi connectivity index (χ0v) is 16.4. The number of hydrogen-bond donors (Lipinski definition) is 2. The average Bonchev–Trinajstić information content (AvgIpc) is 3.00. The number of thioether (sulfide) groups is 1. The van der Waals surface area contributed by atoms with Crippen LogP contribution in [0.2, 0.25) is 0 Å². The molecule has 0 bridgehead atoms. The van der Waals surface area contributed by atoms with E-state index < -0.39 is 6.03 Å². The van der Waals surface area contributed by atoms with Gasteiger partial charge in [0.1, 0.15) is 5.82 Å². The van der Waals surface area contributed by atoms with E-state index in [1.54, 1.807) is 0 Å². The average molecular weight is 391 g/mol. The van der Waals surface area contributed by atoms with Crippen LogP contribution in [0.25, 0.3) is 0 Å². The summed E-state index contributed by atoms with van der Waals surface area (Å²) in [6.45, 7) is 6.10. The maximum absolute atomic E-state index is 12.0. The molecule has 0 atom stereocenters. The Balaban J connectivity index is 1.77. The molecule has 3 amide bonds. The van der Waals surface area contributed by atoms with Crippen LogP contribution in [-0.2, 0) is 16.1 Å². The molecule has 1 aromatic heterocycles. The molecule has 0 aliphatic heterocycles. The van der Waals surface area contributed by atoms with Gasteiger partial charge in [-0.1, -0.05) is 42.1 Å². The van der Waals surface area contributed by atoms with E-state index in [0.717, 1.165) is 11.4 Å². The van der Waals surface area contributed by atoms with Gasteiger partial charge in [0.05, 0.1) is 12.3 Å². The Morgan fingerprint density at radius 2 is 2.00 bits per heavy atom. The van der Waals surface area contributed by atoms with Crippen molar-refractivity contribution < 1.29 is 14.3 Å². The van der Waals surface area contributed by atoms with E-state index in [0.29, 0.717) is 37.9 Å². The monoisotopic (exact) mass is 391 g/mol. The Kier molecular flexibility index (Phi) is 8.79. The van der Waals surface area contributed by atoms with Crippen molar-refractivity contribution >= 4 is 23.7 Å². The number of ether oxygens (including phenoxy) is 1. The molecule has 146 valence electrons. The number of nitrogens with zero attached hydrogens (tertiary/aromatic N) is 3. The molecule has 0 saturated carbocycles. The second-order valence-electron chi connectivity index (χ2n) is 5.74. The fourth-order valence-corrected chi connectivity index (χ4v) is 3.06. The molecule has 2 N–H and O–H groups in total. The number of benzene rings is 1. The molecule has 1 aromatic carbocycles. The summed E-state index contributed by atoms with van der Waals surface area (Å²) < 4.78 is 7.13. The molecule has 0 radical (unpaired) electrons. The quantitative estimate of drug-likeness (QED) is 0.475. The van der Waals surface area contributed by atoms with Crippen molar-refractivity contribution in [2.24, 2.45) is 0 Å². The smallest absolute Gasteiger partial charge is 0.321 e. The molecular weight excluding hydrogens is 366 g/mol. The van der Waals surface area contributed by atoms with Crippen molar-refractivity contribution in [2.45, 2.75) is 32.0 Å². The normalized spacial score (nSPS) is 10.6. The van der Waals surface area contributed by atoms with Crippen LogP contribution in [0.1, 0.15) is 24.7 Å². The number of urea groups is 1. The van der Waals surface area contributed by atoms with Crippen molar-refractivity contribution in [1.82, 2.24) is 25.4 Å². The van der Waals surface area contributed by atoms with Gasteiger partial charge < -0.3 is 14.6 Å². The fourth-order valence-electron chi connectivity index (χ4n) is 2.27. The van der Waals surface area contributed by atoms with Crippen molar-refractivity contribution in [3.8, 4) is 0 Å². The largest absolute Gasteiger partial charge is 0.382 e. The molecule has 0 aliphatic rings. The Morgan fingerprint density at radius 3 is 2.74 bits per heavy atom. The lowest BCUT2D eigenvalue weighted by molar-refractivity contribution is -0.117. The van der Waals surface area contributed by atoms with Gasteiger partial charge in [0.2, 0.25) is 5.91 Å². The van der Waals surface area contributed by atoms with Gasteiger partial charge in [-0.15, -0.1) is 10.2 Å². The third kappa shape index (κ3) is 7.40. The highest BCUT2D eigenvalue weighted by atomic mass is 32.2. The van der Waals surface area contributed by atoms with Crippen LogP contribution in [0.15, 0.2) is 35.5 Å². The highest BCUT2D eigenvalue weighted by Crippen LogP contribution is 2.18. The van der Waals surface area contributed by atoms with E-state index in [1.807, 2.05) is 48.7 Å². The number of aromatic nitrogens is 3. The molecule has 2 aromatic rings. The van der Waals surface area contributed by atoms with Crippen LogP contribution < -0.4 is 10.6 Å². The number of aryl methyl sites for hydroxylation is 1. The van der Waals surface area contributed by atoms with Gasteiger partial charge in [-0.25, -0.2) is 4.79 Å². The van der Waals surface area contributed by atoms with E-state index in [2.05, 4.69) is 20.8 Å². The molecular formula is C18H25N5O3S. The number of hydrogen-bond acceptors (Lipinski definition) is 6. The Hall–Kier alpha value is -2.39. The van der Waals surface area contributed by atoms with Crippen molar-refractivity contribution in [1.29, 1.82) is 0 Å². The minimum absolute atomic E-state index is 0.0826. The van der Waals surface area contributed by atoms with Gasteiger partial charge >= 0.3 is 6.03 Å². The lowest BCUT2D eigenvalue weighted by Gasteiger charge is -2.09. The molecule has 8 nitrogen and oxygen atoms in total. The van der Waals surface area contributed by atoms with Crippen molar-refractivity contribution in [3.05, 3.63) is 41.7 Å². The Labute approximate surface area is 163 Å². The number of rotatable bonds is 10. The first-order valence-corrected chi connectivity index (χ1v) is 9.80. The number of nitrogens with one attached hydrogen (secondary N) is 2. The van der Waals surface area contributed by atoms with E-state index >= 15 is 0 Å². The predicted molar refractivity (Wildman–Crippen MR) is 104 cm³/mol. The van der Waals surface area contributed by atoms with E-state index in [1.165, 1.54) is 11.8 Å². The standard InChI is InChI=1S/C18H25N5O3S/c1-3-26-11-7-10-19-17(25)20-16(24)13-27-18-22-21-14(2)23(18)12-15-8-5-4-6-9-15/h4-6,8-9H,3,7,10-13H2,1-2H3,(H2,19,20,24,25). The van der Waals surface area contributed by atoms with E-state index in [9.17, 15) is 9.59 Å². The highest BCUT2D eigenvalue weighted by Gasteiger charge is 2.13. The third-order valence-electron chi connectivity index (χ3n) is 3.63. The molecule has 1 heterocycles. The summed E-state index contributed by atoms with van der Waals surface area (Å²) >= 11 is 1.25. The molecule has 0 spiro atoms. The predicted octanol–water partition coefficient (Wildman–Crippen LogP) is 1.98. The van der Waals surface area contributed by atoms with Crippen molar-refractivity contribution in [2.75, 3.05) is 25.5 Å². The first-order chi connectivity index (χ1) is 13.1. The van der Waals surface area contributed by atoms with Gasteiger partial charge in [-0.05, 0) is 25.8 Å². The summed E-state index contributed by atoms with van der Waals surface area (Å²) in [7, 11) is 0. The summed E-state index contributed by atoms with van der Waals surface area (Å²) in [5, 5.41) is 13.8. The van der Waals surface area contributed by atoms with Crippen LogP contribution >= 0.6 is 11.8 Å². The van der Waals surface area contributed by atoms with Gasteiger partial charge in [0.15, 0.2) is 5.16 Å². The second-order valence-corrected chi connectivity index (χ2v) is 6.69. The summed E-state index contributed by atoms with van der Waals surface area (Å²) in [6.07, 6.45) is 0.700. The zero-order valence-electron chi connectivity index (χ0n) is 15.6. The van der Waals surface area contributed by atoms with Gasteiger partial charge in [0.25, 0.3) is 0 Å². The molecule has 0 fully saturated rings. The van der Waals surface area contributed by atoms with Crippen LogP contribution in [0.3, 0.4) is 0 Å². The second kappa shape index (κ2) is 11.3. The molecule has 0 aliphatic carbocycles. The molecule has 9 heteroatoms. The van der Waals surface area contributed by atoms with Crippen molar-refractivity contribution in [3.63, 3.8) is 0 Å². The van der Waals surface area contributed by atoms with Gasteiger partial charge in [-0.2, -0.15) is 0 Å². The topological polar surface area (TPSA) is 98.1 Å². The third-order valence-corrected chi connectivity index (χ3v) is 4.59. The van der Waals surface area contributed by atoms with Crippen LogP contribution in [0, 0.1) is 6.92 Å². The maximum atomic E-state index is 12.0. The summed E-state index contributed by atoms with van der Waals surface area (Å²) in [5.41, 5.74) is 1.12. The number of amides is 3. The van der Waals surface area contributed by atoms with E-state index in [4.69, 9.17) is 4.74 Å². The molecule has 0 saturated heterocycles. The zero-order chi connectivity index (χ0) is 19.5. The minimum atomic E-state index is -0.501. The van der Waals surface area contributed by atoms with E-state index in [-0.39, 0.29) is 11.7 Å². The summed E-state index contributed by atoms with van der Waals surface area (Å²) in [5.74, 6) is 0.474. The van der Waals surface area contributed by atoms with Crippen LogP contribution in [0.5, 0.6) is 0 Å². The van der Waals surface area contributed by atoms with Gasteiger partial charge in [-0.3, -0.25) is 10.1 Å². The highest BCUT2D eigenvalue weighted by molar-refractivity contribution is 7.99. The first kappa shape index (κ1) is 20.9. The van der Waals surface area contributed by atoms with Crippen LogP contribution in [0.4, 0.5) is 4.79 Å². The Morgan fingerprint density at radius 1 is 1.22 bits per heavy atom. The molecule has 27 heavy (non-hydrogen) atoms. The SMILES string of the molecule is CCOCCCNC(=O)NC(=O)CSc1nnc(C)n1Cc1ccccc1. The first-order valence-electron chi connectivity index (χ1n) is 8.82. The fraction of sp³-hybridized carbons (Fsp3) is 0.444. The Bertz CT molecular complexity index is 736. The summed E-state index contributed by atoms with van der Waals surface area (Å²) in [6, 6.07) is 9.46. The lowest BCUT2D eigenvalue weighted by atomic mass is 10.2. The molecule has 2 rings (SSSR count).